The van der Waals surface area contributed by atoms with Crippen molar-refractivity contribution >= 4 is 34.9 Å². The summed E-state index contributed by atoms with van der Waals surface area (Å²) in [5.41, 5.74) is 0.940. The zero-order valence-corrected chi connectivity index (χ0v) is 17.1. The number of carbonyl (C=O) groups excluding carboxylic acids is 3. The van der Waals surface area contributed by atoms with Crippen LogP contribution in [0.4, 0.5) is 5.69 Å². The highest BCUT2D eigenvalue weighted by Crippen LogP contribution is 2.27. The van der Waals surface area contributed by atoms with Crippen LogP contribution in [0.25, 0.3) is 0 Å². The normalized spacial score (nSPS) is 11.3. The predicted octanol–water partition coefficient (Wildman–Crippen LogP) is 3.89. The first-order valence-corrected chi connectivity index (χ1v) is 9.31. The molecular weight excluding hydrogens is 398 g/mol. The number of ether oxygens (including phenoxy) is 3. The number of halogens is 1. The summed E-state index contributed by atoms with van der Waals surface area (Å²) in [5.74, 6) is -0.391. The minimum absolute atomic E-state index is 0.0205. The van der Waals surface area contributed by atoms with Crippen LogP contribution in [0.3, 0.4) is 0 Å². The summed E-state index contributed by atoms with van der Waals surface area (Å²) in [7, 11) is 1.46. The summed E-state index contributed by atoms with van der Waals surface area (Å²) in [6.45, 7) is 2.84. The lowest BCUT2D eigenvalue weighted by molar-refractivity contribution is -0.155. The molecule has 1 unspecified atom stereocenters. The van der Waals surface area contributed by atoms with Crippen molar-refractivity contribution in [2.75, 3.05) is 19.0 Å². The van der Waals surface area contributed by atoms with Gasteiger partial charge in [-0.05, 0) is 49.4 Å². The lowest BCUT2D eigenvalue weighted by atomic mass is 10.1. The van der Waals surface area contributed by atoms with Crippen LogP contribution >= 0.6 is 11.6 Å². The quantitative estimate of drug-likeness (QED) is 0.489. The molecule has 0 spiro atoms. The van der Waals surface area contributed by atoms with Gasteiger partial charge in [-0.1, -0.05) is 18.5 Å². The van der Waals surface area contributed by atoms with Crippen LogP contribution in [-0.2, 0) is 14.3 Å². The molecule has 1 N–H and O–H groups in total. The van der Waals surface area contributed by atoms with Crippen LogP contribution in [0.15, 0.2) is 42.5 Å². The van der Waals surface area contributed by atoms with Crippen molar-refractivity contribution in [1.29, 1.82) is 0 Å². The predicted molar refractivity (Wildman–Crippen MR) is 109 cm³/mol. The van der Waals surface area contributed by atoms with Crippen molar-refractivity contribution in [2.24, 2.45) is 0 Å². The number of Topliss-reactive ketones (excluding diaryl/α,β-unsaturated/α-hetero) is 1. The molecule has 8 heteroatoms. The molecule has 0 aliphatic heterocycles. The van der Waals surface area contributed by atoms with Crippen molar-refractivity contribution < 1.29 is 28.6 Å². The van der Waals surface area contributed by atoms with Crippen molar-refractivity contribution in [3.05, 3.63) is 53.1 Å². The molecule has 29 heavy (non-hydrogen) atoms. The van der Waals surface area contributed by atoms with Gasteiger partial charge in [-0.15, -0.1) is 0 Å². The molecule has 0 heterocycles. The number of nitrogens with one attached hydrogen (secondary N) is 1. The molecule has 1 atom stereocenters. The van der Waals surface area contributed by atoms with E-state index in [1.54, 1.807) is 43.3 Å². The average molecular weight is 420 g/mol. The van der Waals surface area contributed by atoms with Crippen molar-refractivity contribution in [3.8, 4) is 11.5 Å². The number of rotatable bonds is 9. The fourth-order valence-electron chi connectivity index (χ4n) is 2.38. The lowest BCUT2D eigenvalue weighted by Crippen LogP contribution is -2.31. The summed E-state index contributed by atoms with van der Waals surface area (Å²) < 4.78 is 15.6. The molecule has 0 aliphatic carbocycles. The number of anilines is 1. The smallest absolute Gasteiger partial charge is 0.344 e. The molecule has 0 radical (unpaired) electrons. The molecule has 7 nitrogen and oxygen atoms in total. The number of esters is 1. The van der Waals surface area contributed by atoms with Crippen LogP contribution in [0.1, 0.15) is 30.6 Å². The van der Waals surface area contributed by atoms with Crippen molar-refractivity contribution in [1.82, 2.24) is 0 Å². The summed E-state index contributed by atoms with van der Waals surface area (Å²) >= 11 is 5.93. The van der Waals surface area contributed by atoms with Gasteiger partial charge in [0.1, 0.15) is 11.5 Å². The van der Waals surface area contributed by atoms with E-state index in [1.807, 2.05) is 0 Å². The van der Waals surface area contributed by atoms with E-state index in [0.717, 1.165) is 0 Å². The Balaban J connectivity index is 1.86. The Labute approximate surface area is 173 Å². The first-order chi connectivity index (χ1) is 13.8. The molecule has 2 aromatic rings. The van der Waals surface area contributed by atoms with Crippen LogP contribution < -0.4 is 14.8 Å². The Kier molecular flexibility index (Phi) is 8.03. The van der Waals surface area contributed by atoms with E-state index in [-0.39, 0.29) is 12.4 Å². The van der Waals surface area contributed by atoms with E-state index in [0.29, 0.717) is 34.2 Å². The third-order valence-corrected chi connectivity index (χ3v) is 4.19. The number of hydrogen-bond acceptors (Lipinski definition) is 6. The maximum atomic E-state index is 12.3. The van der Waals surface area contributed by atoms with E-state index in [9.17, 15) is 14.4 Å². The molecule has 1 amide bonds. The van der Waals surface area contributed by atoms with Crippen LogP contribution in [0, 0.1) is 0 Å². The Morgan fingerprint density at radius 3 is 2.41 bits per heavy atom. The first-order valence-electron chi connectivity index (χ1n) is 8.94. The molecule has 0 aliphatic rings. The second kappa shape index (κ2) is 10.5. The van der Waals surface area contributed by atoms with E-state index in [2.05, 4.69) is 5.32 Å². The second-order valence-corrected chi connectivity index (χ2v) is 6.49. The fourth-order valence-corrected chi connectivity index (χ4v) is 2.55. The maximum absolute atomic E-state index is 12.3. The molecule has 154 valence electrons. The van der Waals surface area contributed by atoms with Gasteiger partial charge in [-0.2, -0.15) is 0 Å². The molecule has 0 saturated heterocycles. The third-order valence-electron chi connectivity index (χ3n) is 3.95. The first kappa shape index (κ1) is 22.2. The van der Waals surface area contributed by atoms with Crippen molar-refractivity contribution in [3.63, 3.8) is 0 Å². The van der Waals surface area contributed by atoms with E-state index in [1.165, 1.54) is 20.1 Å². The van der Waals surface area contributed by atoms with Crippen LogP contribution in [0.5, 0.6) is 11.5 Å². The van der Waals surface area contributed by atoms with Crippen molar-refractivity contribution in [2.45, 2.75) is 26.4 Å². The Bertz CT molecular complexity index is 881. The highest BCUT2D eigenvalue weighted by Gasteiger charge is 2.20. The Morgan fingerprint density at radius 2 is 1.79 bits per heavy atom. The molecule has 2 aromatic carbocycles. The summed E-state index contributed by atoms with van der Waals surface area (Å²) in [4.78, 5) is 35.8. The van der Waals surface area contributed by atoms with Gasteiger partial charge in [0.15, 0.2) is 18.5 Å². The molecule has 2 rings (SSSR count). The average Bonchev–Trinajstić information content (AvgIpc) is 2.72. The van der Waals surface area contributed by atoms with E-state index in [4.69, 9.17) is 25.8 Å². The zero-order valence-electron chi connectivity index (χ0n) is 16.4. The van der Waals surface area contributed by atoms with Gasteiger partial charge in [-0.3, -0.25) is 9.59 Å². The summed E-state index contributed by atoms with van der Waals surface area (Å²) in [5, 5.41) is 3.03. The number of hydrogen-bond donors (Lipinski definition) is 1. The molecular formula is C21H22ClNO6. The minimum Gasteiger partial charge on any atom is -0.495 e. The standard InChI is InChI=1S/C21H22ClNO6/c1-4-18(24)14-5-8-16(9-6-14)28-12-20(25)29-13(2)21(26)23-17-11-15(22)7-10-19(17)27-3/h5-11,13H,4,12H2,1-3H3,(H,23,26). The third kappa shape index (κ3) is 6.50. The van der Waals surface area contributed by atoms with E-state index >= 15 is 0 Å². The molecule has 0 aromatic heterocycles. The maximum Gasteiger partial charge on any atom is 0.344 e. The van der Waals surface area contributed by atoms with E-state index < -0.39 is 18.0 Å². The van der Waals surface area contributed by atoms with Gasteiger partial charge in [-0.25, -0.2) is 4.79 Å². The lowest BCUT2D eigenvalue weighted by Gasteiger charge is -2.15. The largest absolute Gasteiger partial charge is 0.495 e. The Hall–Kier alpha value is -3.06. The number of carbonyl (C=O) groups is 3. The van der Waals surface area contributed by atoms with Crippen LogP contribution in [-0.4, -0.2) is 37.5 Å². The number of benzene rings is 2. The summed E-state index contributed by atoms with van der Waals surface area (Å²) in [6.07, 6.45) is -0.646. The highest BCUT2D eigenvalue weighted by molar-refractivity contribution is 6.31. The minimum atomic E-state index is -1.06. The molecule has 0 bridgehead atoms. The summed E-state index contributed by atoms with van der Waals surface area (Å²) in [6, 6.07) is 11.2. The molecule has 0 fully saturated rings. The van der Waals surface area contributed by atoms with Gasteiger partial charge < -0.3 is 19.5 Å². The number of amides is 1. The topological polar surface area (TPSA) is 90.9 Å². The number of methoxy groups -OCH3 is 1. The van der Waals surface area contributed by atoms with Gasteiger partial charge in [0, 0.05) is 17.0 Å². The SMILES string of the molecule is CCC(=O)c1ccc(OCC(=O)OC(C)C(=O)Nc2cc(Cl)ccc2OC)cc1. The Morgan fingerprint density at radius 1 is 1.10 bits per heavy atom. The molecule has 0 saturated carbocycles. The van der Waals surface area contributed by atoms with Crippen LogP contribution in [0.2, 0.25) is 5.02 Å². The van der Waals surface area contributed by atoms with Gasteiger partial charge in [0.25, 0.3) is 5.91 Å². The fraction of sp³-hybridized carbons (Fsp3) is 0.286. The monoisotopic (exact) mass is 419 g/mol. The van der Waals surface area contributed by atoms with Gasteiger partial charge >= 0.3 is 5.97 Å². The highest BCUT2D eigenvalue weighted by atomic mass is 35.5. The number of ketones is 1. The second-order valence-electron chi connectivity index (χ2n) is 6.06. The van der Waals surface area contributed by atoms with Gasteiger partial charge in [0.2, 0.25) is 0 Å². The van der Waals surface area contributed by atoms with Gasteiger partial charge in [0.05, 0.1) is 12.8 Å². The zero-order chi connectivity index (χ0) is 21.4.